The number of hydrogen-bond donors (Lipinski definition) is 0. The summed E-state index contributed by atoms with van der Waals surface area (Å²) in [6.45, 7) is 9.13. The first-order valence-electron chi connectivity index (χ1n) is 13.5. The molecule has 2 heterocycles. The maximum absolute atomic E-state index is 6.28. The van der Waals surface area contributed by atoms with Gasteiger partial charge in [-0.15, -0.1) is 0 Å². The van der Waals surface area contributed by atoms with Crippen molar-refractivity contribution in [2.75, 3.05) is 40.3 Å². The highest BCUT2D eigenvalue weighted by molar-refractivity contribution is 5.35. The summed E-state index contributed by atoms with van der Waals surface area (Å²) >= 11 is 0. The quantitative estimate of drug-likeness (QED) is 0.433. The summed E-state index contributed by atoms with van der Waals surface area (Å²) in [6.07, 6.45) is 7.42. The van der Waals surface area contributed by atoms with Gasteiger partial charge in [-0.05, 0) is 99.8 Å². The number of ether oxygens (including phenoxy) is 2. The van der Waals surface area contributed by atoms with Gasteiger partial charge in [0.2, 0.25) is 0 Å². The van der Waals surface area contributed by atoms with Crippen molar-refractivity contribution in [3.05, 3.63) is 59.7 Å². The Bertz CT molecular complexity index is 777. The fourth-order valence-electron chi connectivity index (χ4n) is 5.68. The van der Waals surface area contributed by atoms with Crippen LogP contribution in [0.1, 0.15) is 75.3 Å². The van der Waals surface area contributed by atoms with Gasteiger partial charge in [-0.3, -0.25) is 0 Å². The SMILES string of the molecule is CCC(c1ccc(OC2CCN(C)CC2)cc1)C(CC)c1ccc(OC2CCN(C)CC2)cc1. The number of likely N-dealkylation sites (tertiary alicyclic amines) is 2. The lowest BCUT2D eigenvalue weighted by Crippen LogP contribution is -2.35. The van der Waals surface area contributed by atoms with Crippen LogP contribution in [-0.4, -0.2) is 62.3 Å². The van der Waals surface area contributed by atoms with Crippen LogP contribution in [0.5, 0.6) is 11.5 Å². The molecule has 0 aliphatic carbocycles. The van der Waals surface area contributed by atoms with E-state index in [-0.39, 0.29) is 0 Å². The van der Waals surface area contributed by atoms with Crippen molar-refractivity contribution in [2.45, 2.75) is 76.4 Å². The van der Waals surface area contributed by atoms with Crippen LogP contribution in [0.25, 0.3) is 0 Å². The van der Waals surface area contributed by atoms with Crippen LogP contribution in [0.3, 0.4) is 0 Å². The van der Waals surface area contributed by atoms with Crippen molar-refractivity contribution < 1.29 is 9.47 Å². The van der Waals surface area contributed by atoms with Gasteiger partial charge in [-0.25, -0.2) is 0 Å². The lowest BCUT2D eigenvalue weighted by atomic mass is 9.78. The van der Waals surface area contributed by atoms with Crippen molar-refractivity contribution in [2.24, 2.45) is 0 Å². The second-order valence-corrected chi connectivity index (χ2v) is 10.4. The van der Waals surface area contributed by atoms with Crippen LogP contribution in [0.4, 0.5) is 0 Å². The number of hydrogen-bond acceptors (Lipinski definition) is 4. The average Bonchev–Trinajstić information content (AvgIpc) is 2.86. The lowest BCUT2D eigenvalue weighted by molar-refractivity contribution is 0.114. The van der Waals surface area contributed by atoms with Crippen LogP contribution >= 0.6 is 0 Å². The minimum Gasteiger partial charge on any atom is -0.490 e. The van der Waals surface area contributed by atoms with E-state index in [2.05, 4.69) is 86.3 Å². The summed E-state index contributed by atoms with van der Waals surface area (Å²) in [6, 6.07) is 17.9. The van der Waals surface area contributed by atoms with E-state index in [4.69, 9.17) is 9.47 Å². The predicted molar refractivity (Wildman–Crippen MR) is 141 cm³/mol. The van der Waals surface area contributed by atoms with E-state index < -0.39 is 0 Å². The molecule has 0 aromatic heterocycles. The minimum absolute atomic E-state index is 0.350. The molecule has 4 nitrogen and oxygen atoms in total. The van der Waals surface area contributed by atoms with E-state index in [0.717, 1.165) is 76.2 Å². The standard InChI is InChI=1S/C30H44N2O2/c1-5-29(23-7-11-25(12-8-23)33-27-15-19-31(3)20-16-27)30(6-2)24-9-13-26(14-10-24)34-28-17-21-32(4)22-18-28/h7-14,27-30H,5-6,15-22H2,1-4H3. The van der Waals surface area contributed by atoms with Gasteiger partial charge in [0.25, 0.3) is 0 Å². The van der Waals surface area contributed by atoms with Crippen molar-refractivity contribution in [1.82, 2.24) is 9.80 Å². The number of rotatable bonds is 9. The Hall–Kier alpha value is -2.04. The average molecular weight is 465 g/mol. The van der Waals surface area contributed by atoms with Crippen LogP contribution < -0.4 is 9.47 Å². The molecule has 0 saturated carbocycles. The zero-order valence-electron chi connectivity index (χ0n) is 21.7. The largest absolute Gasteiger partial charge is 0.490 e. The Balaban J connectivity index is 1.38. The summed E-state index contributed by atoms with van der Waals surface area (Å²) in [5.74, 6) is 3.03. The molecule has 2 saturated heterocycles. The van der Waals surface area contributed by atoms with Crippen LogP contribution in [0.2, 0.25) is 0 Å². The monoisotopic (exact) mass is 464 g/mol. The Morgan fingerprint density at radius 1 is 0.618 bits per heavy atom. The fraction of sp³-hybridized carbons (Fsp3) is 0.600. The first-order valence-corrected chi connectivity index (χ1v) is 13.5. The highest BCUT2D eigenvalue weighted by Crippen LogP contribution is 2.39. The normalized spacial score (nSPS) is 20.7. The number of piperidine rings is 2. The molecule has 0 N–H and O–H groups in total. The molecule has 2 aliphatic rings. The van der Waals surface area contributed by atoms with E-state index in [1.807, 2.05) is 0 Å². The summed E-state index contributed by atoms with van der Waals surface area (Å²) in [7, 11) is 4.38. The summed E-state index contributed by atoms with van der Waals surface area (Å²) in [4.78, 5) is 4.76. The Morgan fingerprint density at radius 3 is 1.24 bits per heavy atom. The van der Waals surface area contributed by atoms with E-state index >= 15 is 0 Å². The molecule has 0 bridgehead atoms. The van der Waals surface area contributed by atoms with Crippen LogP contribution in [0, 0.1) is 0 Å². The molecule has 0 spiro atoms. The second-order valence-electron chi connectivity index (χ2n) is 10.4. The smallest absolute Gasteiger partial charge is 0.119 e. The molecule has 2 atom stereocenters. The molecule has 0 amide bonds. The zero-order chi connectivity index (χ0) is 23.9. The molecular formula is C30H44N2O2. The molecule has 2 unspecified atom stereocenters. The molecule has 2 fully saturated rings. The van der Waals surface area contributed by atoms with Gasteiger partial charge in [0, 0.05) is 26.2 Å². The zero-order valence-corrected chi connectivity index (χ0v) is 21.7. The Labute approximate surface area is 207 Å². The first-order chi connectivity index (χ1) is 16.6. The molecule has 34 heavy (non-hydrogen) atoms. The lowest BCUT2D eigenvalue weighted by Gasteiger charge is -2.30. The molecule has 186 valence electrons. The van der Waals surface area contributed by atoms with Crippen molar-refractivity contribution >= 4 is 0 Å². The van der Waals surface area contributed by atoms with E-state index in [0.29, 0.717) is 24.0 Å². The molecule has 2 aromatic carbocycles. The van der Waals surface area contributed by atoms with Crippen molar-refractivity contribution in [3.63, 3.8) is 0 Å². The molecule has 4 heteroatoms. The molecule has 2 aromatic rings. The molecular weight excluding hydrogens is 420 g/mol. The highest BCUT2D eigenvalue weighted by Gasteiger charge is 2.23. The van der Waals surface area contributed by atoms with E-state index in [9.17, 15) is 0 Å². The minimum atomic E-state index is 0.350. The summed E-state index contributed by atoms with van der Waals surface area (Å²) < 4.78 is 12.6. The highest BCUT2D eigenvalue weighted by atomic mass is 16.5. The van der Waals surface area contributed by atoms with Gasteiger partial charge in [0.15, 0.2) is 0 Å². The van der Waals surface area contributed by atoms with Gasteiger partial charge in [-0.1, -0.05) is 38.1 Å². The van der Waals surface area contributed by atoms with Crippen LogP contribution in [-0.2, 0) is 0 Å². The second kappa shape index (κ2) is 12.1. The number of nitrogens with zero attached hydrogens (tertiary/aromatic N) is 2. The Morgan fingerprint density at radius 2 is 0.941 bits per heavy atom. The van der Waals surface area contributed by atoms with Crippen molar-refractivity contribution in [1.29, 1.82) is 0 Å². The third kappa shape index (κ3) is 6.55. The predicted octanol–water partition coefficient (Wildman–Crippen LogP) is 6.32. The van der Waals surface area contributed by atoms with Crippen molar-refractivity contribution in [3.8, 4) is 11.5 Å². The van der Waals surface area contributed by atoms with Gasteiger partial charge < -0.3 is 19.3 Å². The van der Waals surface area contributed by atoms with E-state index in [1.165, 1.54) is 11.1 Å². The Kier molecular flexibility index (Phi) is 8.91. The molecule has 2 aliphatic heterocycles. The fourth-order valence-corrected chi connectivity index (χ4v) is 5.68. The maximum Gasteiger partial charge on any atom is 0.119 e. The maximum atomic E-state index is 6.28. The first kappa shape index (κ1) is 25.1. The van der Waals surface area contributed by atoms with Gasteiger partial charge in [0.1, 0.15) is 23.7 Å². The number of benzene rings is 2. The molecule has 4 rings (SSSR count). The molecule has 0 radical (unpaired) electrons. The van der Waals surface area contributed by atoms with E-state index in [1.54, 1.807) is 0 Å². The van der Waals surface area contributed by atoms with Gasteiger partial charge in [0.05, 0.1) is 0 Å². The summed E-state index contributed by atoms with van der Waals surface area (Å²) in [5.41, 5.74) is 2.83. The third-order valence-electron chi connectivity index (χ3n) is 7.92. The van der Waals surface area contributed by atoms with Gasteiger partial charge in [-0.2, -0.15) is 0 Å². The van der Waals surface area contributed by atoms with Crippen LogP contribution in [0.15, 0.2) is 48.5 Å². The topological polar surface area (TPSA) is 24.9 Å². The third-order valence-corrected chi connectivity index (χ3v) is 7.92. The van der Waals surface area contributed by atoms with Gasteiger partial charge >= 0.3 is 0 Å². The summed E-state index contributed by atoms with van der Waals surface area (Å²) in [5, 5.41) is 0.